The van der Waals surface area contributed by atoms with Crippen molar-refractivity contribution in [3.8, 4) is 11.1 Å². The number of aliphatic hydroxyl groups is 1. The lowest BCUT2D eigenvalue weighted by molar-refractivity contribution is -0.146. The highest BCUT2D eigenvalue weighted by molar-refractivity contribution is 5.94. The minimum atomic E-state index is -1.63. The predicted octanol–water partition coefficient (Wildman–Crippen LogP) is 4.94. The molecule has 0 radical (unpaired) electrons. The highest BCUT2D eigenvalue weighted by Gasteiger charge is 2.44. The second-order valence-corrected chi connectivity index (χ2v) is 10.0. The molecule has 0 unspecified atom stereocenters. The van der Waals surface area contributed by atoms with Gasteiger partial charge in [0.15, 0.2) is 0 Å². The summed E-state index contributed by atoms with van der Waals surface area (Å²) in [5, 5.41) is 12.4. The Hall–Kier alpha value is -3.17. The number of ether oxygens (including phenoxy) is 2. The predicted molar refractivity (Wildman–Crippen MR) is 146 cm³/mol. The number of methoxy groups -OCH3 is 1. The summed E-state index contributed by atoms with van der Waals surface area (Å²) in [5.41, 5.74) is 6.87. The first-order valence-electron chi connectivity index (χ1n) is 13.2. The van der Waals surface area contributed by atoms with Crippen LogP contribution < -0.4 is 5.73 Å². The fourth-order valence-corrected chi connectivity index (χ4v) is 5.18. The Balaban J connectivity index is 1.71. The molecule has 0 aromatic heterocycles. The average molecular weight is 539 g/mol. The molecule has 8 heteroatoms. The van der Waals surface area contributed by atoms with E-state index in [0.29, 0.717) is 54.8 Å². The number of nitrogens with two attached hydrogens (primary N) is 1. The lowest BCUT2D eigenvalue weighted by Gasteiger charge is -2.43. The van der Waals surface area contributed by atoms with E-state index in [1.165, 1.54) is 18.2 Å². The van der Waals surface area contributed by atoms with Gasteiger partial charge in [0.2, 0.25) is 0 Å². The Bertz CT molecular complexity index is 1280. The number of hydrogen-bond acceptors (Lipinski definition) is 5. The van der Waals surface area contributed by atoms with Crippen molar-refractivity contribution in [3.63, 3.8) is 0 Å². The number of morpholine rings is 1. The van der Waals surface area contributed by atoms with Gasteiger partial charge in [0.25, 0.3) is 5.91 Å². The van der Waals surface area contributed by atoms with Crippen LogP contribution in [0.4, 0.5) is 8.78 Å². The van der Waals surface area contributed by atoms with Crippen molar-refractivity contribution in [2.24, 2.45) is 5.73 Å². The summed E-state index contributed by atoms with van der Waals surface area (Å²) in [6.45, 7) is 3.21. The maximum Gasteiger partial charge on any atom is 0.254 e. The number of amides is 1. The van der Waals surface area contributed by atoms with Crippen LogP contribution in [0.25, 0.3) is 11.1 Å². The van der Waals surface area contributed by atoms with Crippen molar-refractivity contribution in [1.29, 1.82) is 0 Å². The first-order valence-corrected chi connectivity index (χ1v) is 13.2. The lowest BCUT2D eigenvalue weighted by Crippen LogP contribution is -2.54. The zero-order valence-electron chi connectivity index (χ0n) is 22.5. The number of hydrogen-bond donors (Lipinski definition) is 2. The quantitative estimate of drug-likeness (QED) is 0.357. The zero-order valence-corrected chi connectivity index (χ0v) is 22.5. The van der Waals surface area contributed by atoms with E-state index >= 15 is 4.39 Å². The van der Waals surface area contributed by atoms with Crippen LogP contribution in [0.1, 0.15) is 46.3 Å². The molecule has 1 amide bonds. The highest BCUT2D eigenvalue weighted by atomic mass is 19.1. The fourth-order valence-electron chi connectivity index (χ4n) is 5.18. The van der Waals surface area contributed by atoms with Crippen molar-refractivity contribution in [2.75, 3.05) is 33.4 Å². The minimum absolute atomic E-state index is 0.122. The van der Waals surface area contributed by atoms with E-state index in [0.717, 1.165) is 5.56 Å². The molecule has 1 saturated heterocycles. The Labute approximate surface area is 228 Å². The number of nitrogens with zero attached hydrogens (tertiary/aromatic N) is 1. The van der Waals surface area contributed by atoms with Crippen LogP contribution >= 0.6 is 0 Å². The summed E-state index contributed by atoms with van der Waals surface area (Å²) in [7, 11) is 1.61. The van der Waals surface area contributed by atoms with Crippen LogP contribution in [0.15, 0.2) is 60.7 Å². The molecule has 1 fully saturated rings. The molecule has 4 rings (SSSR count). The second kappa shape index (κ2) is 12.8. The highest BCUT2D eigenvalue weighted by Crippen LogP contribution is 2.41. The van der Waals surface area contributed by atoms with Gasteiger partial charge in [0.05, 0.1) is 13.2 Å². The van der Waals surface area contributed by atoms with E-state index in [1.807, 2.05) is 12.1 Å². The van der Waals surface area contributed by atoms with E-state index in [9.17, 15) is 14.3 Å². The number of carbonyl (C=O) groups excluding carboxylic acids is 1. The summed E-state index contributed by atoms with van der Waals surface area (Å²) in [5.74, 6) is -1.10. The standard InChI is InChI=1S/C31H36F2N2O4/c1-21-18-24(12-13-26(21)32)29-25(6-5-7-27(29)33)31(37,14-3-4-16-38-2)28-20-35(15-17-39-28)30(36)23-10-8-22(19-34)9-11-23/h5-13,18,28,37H,3-4,14-17,19-20,34H2,1-2H3/t28-,31+/m1/s1. The van der Waals surface area contributed by atoms with Gasteiger partial charge >= 0.3 is 0 Å². The molecule has 3 aromatic carbocycles. The molecule has 0 bridgehead atoms. The van der Waals surface area contributed by atoms with Crippen molar-refractivity contribution in [3.05, 3.63) is 94.6 Å². The number of halogens is 2. The molecule has 208 valence electrons. The summed E-state index contributed by atoms with van der Waals surface area (Å²) in [6.07, 6.45) is 0.701. The fraction of sp³-hybridized carbons (Fsp3) is 0.387. The van der Waals surface area contributed by atoms with Crippen molar-refractivity contribution >= 4 is 5.91 Å². The van der Waals surface area contributed by atoms with Crippen LogP contribution in [0.3, 0.4) is 0 Å². The third-order valence-corrected chi connectivity index (χ3v) is 7.41. The molecule has 39 heavy (non-hydrogen) atoms. The van der Waals surface area contributed by atoms with E-state index < -0.39 is 23.3 Å². The maximum atomic E-state index is 15.5. The van der Waals surface area contributed by atoms with Crippen LogP contribution in [0.5, 0.6) is 0 Å². The number of rotatable bonds is 10. The van der Waals surface area contributed by atoms with Crippen LogP contribution in [0.2, 0.25) is 0 Å². The molecule has 3 N–H and O–H groups in total. The maximum absolute atomic E-state index is 15.5. The smallest absolute Gasteiger partial charge is 0.254 e. The summed E-state index contributed by atoms with van der Waals surface area (Å²) >= 11 is 0. The van der Waals surface area contributed by atoms with Gasteiger partial charge in [-0.3, -0.25) is 4.79 Å². The average Bonchev–Trinajstić information content (AvgIpc) is 2.96. The molecule has 0 spiro atoms. The Morgan fingerprint density at radius 3 is 2.59 bits per heavy atom. The minimum Gasteiger partial charge on any atom is -0.385 e. The number of aryl methyl sites for hydroxylation is 1. The molecular weight excluding hydrogens is 502 g/mol. The van der Waals surface area contributed by atoms with Gasteiger partial charge in [-0.25, -0.2) is 8.78 Å². The Morgan fingerprint density at radius 2 is 1.90 bits per heavy atom. The van der Waals surface area contributed by atoms with E-state index in [1.54, 1.807) is 49.3 Å². The summed E-state index contributed by atoms with van der Waals surface area (Å²) in [4.78, 5) is 15.0. The number of carbonyl (C=O) groups is 1. The molecule has 2 atom stereocenters. The SMILES string of the molecule is COCCCC[C@](O)(c1cccc(F)c1-c1ccc(F)c(C)c1)[C@H]1CN(C(=O)c2ccc(CN)cc2)CCO1. The largest absolute Gasteiger partial charge is 0.385 e. The molecule has 1 aliphatic heterocycles. The number of unbranched alkanes of at least 4 members (excludes halogenated alkanes) is 1. The van der Waals surface area contributed by atoms with Crippen LogP contribution in [0, 0.1) is 18.6 Å². The normalized spacial score (nSPS) is 17.2. The van der Waals surface area contributed by atoms with Gasteiger partial charge in [0, 0.05) is 37.9 Å². The van der Waals surface area contributed by atoms with Crippen molar-refractivity contribution in [2.45, 2.75) is 44.4 Å². The van der Waals surface area contributed by atoms with E-state index in [4.69, 9.17) is 15.2 Å². The Morgan fingerprint density at radius 1 is 1.13 bits per heavy atom. The van der Waals surface area contributed by atoms with Gasteiger partial charge in [-0.2, -0.15) is 0 Å². The third-order valence-electron chi connectivity index (χ3n) is 7.41. The van der Waals surface area contributed by atoms with Gasteiger partial charge in [0.1, 0.15) is 23.3 Å². The molecular formula is C31H36F2N2O4. The molecule has 1 aliphatic rings. The monoisotopic (exact) mass is 538 g/mol. The van der Waals surface area contributed by atoms with Crippen molar-refractivity contribution < 1.29 is 28.2 Å². The zero-order chi connectivity index (χ0) is 28.0. The molecule has 1 heterocycles. The topological polar surface area (TPSA) is 85.0 Å². The Kier molecular flexibility index (Phi) is 9.45. The van der Waals surface area contributed by atoms with Gasteiger partial charge in [-0.1, -0.05) is 30.3 Å². The number of benzene rings is 3. The molecule has 0 aliphatic carbocycles. The molecule has 3 aromatic rings. The first-order chi connectivity index (χ1) is 18.8. The van der Waals surface area contributed by atoms with Gasteiger partial charge in [-0.15, -0.1) is 0 Å². The third kappa shape index (κ3) is 6.36. The van der Waals surface area contributed by atoms with E-state index in [2.05, 4.69) is 0 Å². The first kappa shape index (κ1) is 28.8. The molecule has 6 nitrogen and oxygen atoms in total. The van der Waals surface area contributed by atoms with Crippen molar-refractivity contribution in [1.82, 2.24) is 4.90 Å². The summed E-state index contributed by atoms with van der Waals surface area (Å²) < 4.78 is 40.8. The lowest BCUT2D eigenvalue weighted by atomic mass is 9.78. The van der Waals surface area contributed by atoms with Gasteiger partial charge < -0.3 is 25.2 Å². The van der Waals surface area contributed by atoms with Gasteiger partial charge in [-0.05, 0) is 78.8 Å². The second-order valence-electron chi connectivity index (χ2n) is 10.0. The van der Waals surface area contributed by atoms with Crippen LogP contribution in [-0.2, 0) is 21.6 Å². The van der Waals surface area contributed by atoms with Crippen LogP contribution in [-0.4, -0.2) is 55.4 Å². The van der Waals surface area contributed by atoms with E-state index in [-0.39, 0.29) is 31.0 Å². The molecule has 0 saturated carbocycles. The summed E-state index contributed by atoms with van der Waals surface area (Å²) in [6, 6.07) is 16.1.